The Morgan fingerprint density at radius 1 is 1.00 bits per heavy atom. The van der Waals surface area contributed by atoms with E-state index in [0.717, 1.165) is 4.53 Å². The number of halogens is 6. The Bertz CT molecular complexity index is 208. The van der Waals surface area contributed by atoms with Crippen LogP contribution in [0.1, 0.15) is 19.8 Å². The number of alkyl halides is 5. The van der Waals surface area contributed by atoms with Gasteiger partial charge in [-0.1, -0.05) is 0 Å². The van der Waals surface area contributed by atoms with Crippen LogP contribution in [-0.4, -0.2) is 31.5 Å². The zero-order valence-electron chi connectivity index (χ0n) is 9.09. The van der Waals surface area contributed by atoms with E-state index in [2.05, 4.69) is 5.53 Å². The van der Waals surface area contributed by atoms with Gasteiger partial charge in [0.05, 0.1) is 16.1 Å². The Labute approximate surface area is 132 Å². The van der Waals surface area contributed by atoms with Crippen molar-refractivity contribution >= 4 is 69.8 Å². The van der Waals surface area contributed by atoms with Crippen molar-refractivity contribution in [3.63, 3.8) is 0 Å². The summed E-state index contributed by atoms with van der Waals surface area (Å²) in [7, 11) is 0. The first-order valence-electron chi connectivity index (χ1n) is 4.91. The zero-order valence-corrected chi connectivity index (χ0v) is 13.6. The third-order valence-corrected chi connectivity index (χ3v) is 5.02. The van der Waals surface area contributed by atoms with Crippen LogP contribution in [0.5, 0.6) is 0 Å². The number of nitrogens with one attached hydrogen (secondary N) is 1. The van der Waals surface area contributed by atoms with E-state index >= 15 is 0 Å². The standard InChI is InChI=1S/C8H15Cl6N3/c1-4(9)5(10)2-6(11)7(12)3-8(13)17(14)16-15/h4-8,16H,2-3,15H2,1H3. The number of nitrogens with two attached hydrogens (primary N) is 1. The number of rotatable bonds is 8. The first-order chi connectivity index (χ1) is 7.79. The molecule has 0 amide bonds. The molecule has 5 atom stereocenters. The summed E-state index contributed by atoms with van der Waals surface area (Å²) in [5, 5.41) is -1.15. The van der Waals surface area contributed by atoms with Gasteiger partial charge in [0.25, 0.3) is 0 Å². The van der Waals surface area contributed by atoms with Crippen molar-refractivity contribution in [3.8, 4) is 0 Å². The summed E-state index contributed by atoms with van der Waals surface area (Å²) >= 11 is 35.6. The Hall–Kier alpha value is 1.62. The molecule has 0 aliphatic rings. The molecular formula is C8H15Cl6N3. The number of hydrogen-bond donors (Lipinski definition) is 2. The molecular weight excluding hydrogens is 351 g/mol. The molecule has 104 valence electrons. The molecule has 0 aliphatic carbocycles. The summed E-state index contributed by atoms with van der Waals surface area (Å²) in [5.74, 6) is 5.09. The van der Waals surface area contributed by atoms with Gasteiger partial charge in [-0.2, -0.15) is 5.53 Å². The summed E-state index contributed by atoms with van der Waals surface area (Å²) in [4.78, 5) is 0. The minimum Gasteiger partial charge on any atom is -0.256 e. The molecule has 0 aliphatic heterocycles. The minimum atomic E-state index is -0.576. The molecule has 0 fully saturated rings. The van der Waals surface area contributed by atoms with Gasteiger partial charge in [-0.3, -0.25) is 5.84 Å². The average Bonchev–Trinajstić information content (AvgIpc) is 2.27. The largest absolute Gasteiger partial charge is 0.256 e. The first kappa shape index (κ1) is 18.6. The monoisotopic (exact) mass is 363 g/mol. The van der Waals surface area contributed by atoms with Gasteiger partial charge in [0.1, 0.15) is 5.50 Å². The third-order valence-electron chi connectivity index (χ3n) is 2.13. The molecule has 0 saturated heterocycles. The van der Waals surface area contributed by atoms with Gasteiger partial charge >= 0.3 is 0 Å². The summed E-state index contributed by atoms with van der Waals surface area (Å²) < 4.78 is 1.02. The SMILES string of the molecule is CC(Cl)C(Cl)CC(Cl)C(Cl)CC(Cl)N(Cl)NN. The molecule has 0 aromatic rings. The fourth-order valence-corrected chi connectivity index (χ4v) is 2.43. The lowest BCUT2D eigenvalue weighted by Crippen LogP contribution is -2.42. The van der Waals surface area contributed by atoms with Gasteiger partial charge in [-0.25, -0.2) is 0 Å². The van der Waals surface area contributed by atoms with E-state index in [-0.39, 0.29) is 21.5 Å². The van der Waals surface area contributed by atoms with Crippen molar-refractivity contribution in [3.05, 3.63) is 0 Å². The highest BCUT2D eigenvalue weighted by Gasteiger charge is 2.26. The van der Waals surface area contributed by atoms with Crippen molar-refractivity contribution in [1.82, 2.24) is 10.1 Å². The molecule has 0 aromatic heterocycles. The molecule has 3 N–H and O–H groups in total. The summed E-state index contributed by atoms with van der Waals surface area (Å²) in [6.45, 7) is 1.80. The molecule has 0 rings (SSSR count). The van der Waals surface area contributed by atoms with Crippen LogP contribution < -0.4 is 11.4 Å². The molecule has 0 saturated carbocycles. The highest BCUT2D eigenvalue weighted by atomic mass is 35.5. The second-order valence-electron chi connectivity index (χ2n) is 3.57. The van der Waals surface area contributed by atoms with Crippen LogP contribution in [0.2, 0.25) is 0 Å². The number of hydrogen-bond acceptors (Lipinski definition) is 3. The summed E-state index contributed by atoms with van der Waals surface area (Å²) in [5.41, 5.74) is 1.61. The Balaban J connectivity index is 4.08. The van der Waals surface area contributed by atoms with Gasteiger partial charge in [-0.05, 0) is 31.5 Å². The molecule has 9 heteroatoms. The first-order valence-corrected chi connectivity index (χ1v) is 7.43. The van der Waals surface area contributed by atoms with E-state index < -0.39 is 5.50 Å². The molecule has 0 radical (unpaired) electrons. The van der Waals surface area contributed by atoms with E-state index in [9.17, 15) is 0 Å². The van der Waals surface area contributed by atoms with Crippen molar-refractivity contribution < 1.29 is 0 Å². The van der Waals surface area contributed by atoms with E-state index in [0.29, 0.717) is 12.8 Å². The maximum Gasteiger partial charge on any atom is 0.117 e. The third kappa shape index (κ3) is 7.71. The van der Waals surface area contributed by atoms with Gasteiger partial charge in [-0.15, -0.1) is 62.5 Å². The fraction of sp³-hybridized carbons (Fsp3) is 1.00. The Kier molecular flexibility index (Phi) is 10.4. The molecule has 0 aromatic carbocycles. The van der Waals surface area contributed by atoms with E-state index in [4.69, 9.17) is 75.6 Å². The van der Waals surface area contributed by atoms with Crippen molar-refractivity contribution in [2.24, 2.45) is 5.84 Å². The minimum absolute atomic E-state index is 0.177. The molecule has 0 bridgehead atoms. The lowest BCUT2D eigenvalue weighted by Gasteiger charge is -2.24. The smallest absolute Gasteiger partial charge is 0.117 e. The number of hydrazine groups is 2. The summed E-state index contributed by atoms with van der Waals surface area (Å²) in [6.07, 6.45) is 0.842. The number of nitrogens with zero attached hydrogens (tertiary/aromatic N) is 1. The van der Waals surface area contributed by atoms with Crippen LogP contribution >= 0.6 is 69.8 Å². The highest BCUT2D eigenvalue weighted by molar-refractivity contribution is 6.32. The second kappa shape index (κ2) is 9.51. The molecule has 3 nitrogen and oxygen atoms in total. The predicted octanol–water partition coefficient (Wildman–Crippen LogP) is 3.62. The van der Waals surface area contributed by atoms with Crippen LogP contribution in [0.25, 0.3) is 0 Å². The maximum absolute atomic E-state index is 6.12. The van der Waals surface area contributed by atoms with E-state index in [1.165, 1.54) is 0 Å². The lowest BCUT2D eigenvalue weighted by atomic mass is 10.1. The van der Waals surface area contributed by atoms with Crippen molar-refractivity contribution in [1.29, 1.82) is 0 Å². The lowest BCUT2D eigenvalue weighted by molar-refractivity contribution is 0.305. The average molecular weight is 366 g/mol. The Morgan fingerprint density at radius 3 is 1.88 bits per heavy atom. The fourth-order valence-electron chi connectivity index (χ4n) is 1.06. The van der Waals surface area contributed by atoms with Crippen LogP contribution in [-0.2, 0) is 0 Å². The quantitative estimate of drug-likeness (QED) is 0.227. The predicted molar refractivity (Wildman–Crippen MR) is 78.1 cm³/mol. The molecule has 0 heterocycles. The van der Waals surface area contributed by atoms with Crippen LogP contribution in [0.3, 0.4) is 0 Å². The van der Waals surface area contributed by atoms with Crippen LogP contribution in [0, 0.1) is 0 Å². The van der Waals surface area contributed by atoms with E-state index in [1.807, 2.05) is 0 Å². The van der Waals surface area contributed by atoms with Gasteiger partial charge in [0, 0.05) is 5.38 Å². The topological polar surface area (TPSA) is 41.3 Å². The molecule has 0 spiro atoms. The molecule has 17 heavy (non-hydrogen) atoms. The van der Waals surface area contributed by atoms with Gasteiger partial charge in [0.2, 0.25) is 0 Å². The highest BCUT2D eigenvalue weighted by Crippen LogP contribution is 2.26. The normalized spacial score (nSPS) is 21.0. The maximum atomic E-state index is 6.12. The van der Waals surface area contributed by atoms with Crippen LogP contribution in [0.4, 0.5) is 0 Å². The Morgan fingerprint density at radius 2 is 1.47 bits per heavy atom. The van der Waals surface area contributed by atoms with Gasteiger partial charge < -0.3 is 0 Å². The zero-order chi connectivity index (χ0) is 13.6. The van der Waals surface area contributed by atoms with Crippen molar-refractivity contribution in [2.75, 3.05) is 0 Å². The van der Waals surface area contributed by atoms with E-state index in [1.54, 1.807) is 6.92 Å². The molecule has 5 unspecified atom stereocenters. The van der Waals surface area contributed by atoms with Crippen molar-refractivity contribution in [2.45, 2.75) is 46.8 Å². The second-order valence-corrected chi connectivity index (χ2v) is 6.81. The van der Waals surface area contributed by atoms with Crippen LogP contribution in [0.15, 0.2) is 0 Å². The van der Waals surface area contributed by atoms with Gasteiger partial charge in [0.15, 0.2) is 0 Å². The summed E-state index contributed by atoms with van der Waals surface area (Å²) in [6, 6.07) is 0.